The number of benzene rings is 1. The van der Waals surface area contributed by atoms with Crippen molar-refractivity contribution in [3.05, 3.63) is 29.6 Å². The van der Waals surface area contributed by atoms with E-state index in [1.165, 1.54) is 13.0 Å². The van der Waals surface area contributed by atoms with Crippen LogP contribution in [-0.4, -0.2) is 15.8 Å². The van der Waals surface area contributed by atoms with E-state index < -0.39 is 17.5 Å². The highest BCUT2D eigenvalue weighted by Crippen LogP contribution is 2.31. The topological polar surface area (TPSA) is 68.9 Å². The average molecular weight is 255 g/mol. The first-order chi connectivity index (χ1) is 8.29. The molecular formula is C11H8F3N3O. The first-order valence-electron chi connectivity index (χ1n) is 4.94. The molecule has 0 aliphatic rings. The summed E-state index contributed by atoms with van der Waals surface area (Å²) in [6.07, 6.45) is -4.47. The van der Waals surface area contributed by atoms with Crippen molar-refractivity contribution in [2.75, 3.05) is 5.73 Å². The Morgan fingerprint density at radius 1 is 1.28 bits per heavy atom. The molecule has 94 valence electrons. The number of nitrogens with zero attached hydrogens (tertiary/aromatic N) is 2. The molecule has 0 aliphatic heterocycles. The summed E-state index contributed by atoms with van der Waals surface area (Å²) in [6, 6.07) is 2.94. The van der Waals surface area contributed by atoms with E-state index in [4.69, 9.17) is 5.73 Å². The fourth-order valence-corrected chi connectivity index (χ4v) is 1.49. The molecule has 0 amide bonds. The third kappa shape index (κ3) is 2.11. The summed E-state index contributed by atoms with van der Waals surface area (Å²) < 4.78 is 37.6. The lowest BCUT2D eigenvalue weighted by Crippen LogP contribution is -2.08. The Bertz CT molecular complexity index is 637. The van der Waals surface area contributed by atoms with Gasteiger partial charge in [0.05, 0.1) is 11.1 Å². The Balaban J connectivity index is 2.72. The third-order valence-electron chi connectivity index (χ3n) is 2.37. The molecule has 18 heavy (non-hydrogen) atoms. The monoisotopic (exact) mass is 255 g/mol. The number of Topliss-reactive ketones (excluding diaryl/α,β-unsaturated/α-hetero) is 1. The minimum absolute atomic E-state index is 0.00234. The highest BCUT2D eigenvalue weighted by molar-refractivity contribution is 5.96. The Kier molecular flexibility index (Phi) is 2.68. The Labute approximate surface area is 99.6 Å². The predicted octanol–water partition coefficient (Wildman–Crippen LogP) is 2.43. The van der Waals surface area contributed by atoms with Crippen molar-refractivity contribution in [3.63, 3.8) is 0 Å². The SMILES string of the molecule is CC(=O)c1nc(N)c2ccc(C(F)(F)F)cc2n1. The van der Waals surface area contributed by atoms with E-state index in [2.05, 4.69) is 9.97 Å². The summed E-state index contributed by atoms with van der Waals surface area (Å²) in [6.45, 7) is 1.22. The number of aromatic nitrogens is 2. The first kappa shape index (κ1) is 12.3. The fraction of sp³-hybridized carbons (Fsp3) is 0.182. The van der Waals surface area contributed by atoms with E-state index in [9.17, 15) is 18.0 Å². The summed E-state index contributed by atoms with van der Waals surface area (Å²) in [4.78, 5) is 18.6. The third-order valence-corrected chi connectivity index (χ3v) is 2.37. The fourth-order valence-electron chi connectivity index (χ4n) is 1.49. The molecule has 0 aliphatic carbocycles. The maximum atomic E-state index is 12.5. The van der Waals surface area contributed by atoms with Gasteiger partial charge in [-0.2, -0.15) is 13.2 Å². The number of ketones is 1. The smallest absolute Gasteiger partial charge is 0.383 e. The lowest BCUT2D eigenvalue weighted by molar-refractivity contribution is -0.137. The van der Waals surface area contributed by atoms with Gasteiger partial charge in [0.2, 0.25) is 0 Å². The highest BCUT2D eigenvalue weighted by atomic mass is 19.4. The van der Waals surface area contributed by atoms with E-state index >= 15 is 0 Å². The lowest BCUT2D eigenvalue weighted by atomic mass is 10.1. The molecule has 0 spiro atoms. The van der Waals surface area contributed by atoms with Gasteiger partial charge in [0, 0.05) is 12.3 Å². The quantitative estimate of drug-likeness (QED) is 0.794. The molecule has 7 heteroatoms. The first-order valence-corrected chi connectivity index (χ1v) is 4.94. The van der Waals surface area contributed by atoms with Crippen LogP contribution in [0.5, 0.6) is 0 Å². The molecule has 2 N–H and O–H groups in total. The van der Waals surface area contributed by atoms with Crippen LogP contribution in [0.3, 0.4) is 0 Å². The number of hydrogen-bond acceptors (Lipinski definition) is 4. The molecule has 0 unspecified atom stereocenters. The van der Waals surface area contributed by atoms with E-state index in [1.54, 1.807) is 0 Å². The largest absolute Gasteiger partial charge is 0.416 e. The second kappa shape index (κ2) is 3.94. The Morgan fingerprint density at radius 3 is 2.50 bits per heavy atom. The number of hydrogen-bond donors (Lipinski definition) is 1. The molecule has 1 aromatic heterocycles. The van der Waals surface area contributed by atoms with E-state index in [0.29, 0.717) is 0 Å². The van der Waals surface area contributed by atoms with Crippen LogP contribution in [-0.2, 0) is 6.18 Å². The van der Waals surface area contributed by atoms with Gasteiger partial charge in [-0.3, -0.25) is 4.79 Å². The molecule has 4 nitrogen and oxygen atoms in total. The number of carbonyl (C=O) groups is 1. The second-order valence-electron chi connectivity index (χ2n) is 3.72. The zero-order chi connectivity index (χ0) is 13.5. The number of anilines is 1. The van der Waals surface area contributed by atoms with Gasteiger partial charge in [-0.25, -0.2) is 9.97 Å². The van der Waals surface area contributed by atoms with Crippen LogP contribution in [0, 0.1) is 0 Å². The van der Waals surface area contributed by atoms with E-state index in [0.717, 1.165) is 12.1 Å². The minimum atomic E-state index is -4.47. The predicted molar refractivity (Wildman–Crippen MR) is 59.0 cm³/mol. The van der Waals surface area contributed by atoms with Crippen LogP contribution in [0.15, 0.2) is 18.2 Å². The number of nitrogen functional groups attached to an aromatic ring is 1. The van der Waals surface area contributed by atoms with Gasteiger partial charge in [0.25, 0.3) is 0 Å². The van der Waals surface area contributed by atoms with Gasteiger partial charge in [0.15, 0.2) is 11.6 Å². The maximum absolute atomic E-state index is 12.5. The number of rotatable bonds is 1. The van der Waals surface area contributed by atoms with E-state index in [1.807, 2.05) is 0 Å². The van der Waals surface area contributed by atoms with E-state index in [-0.39, 0.29) is 22.5 Å². The van der Waals surface area contributed by atoms with Gasteiger partial charge in [-0.1, -0.05) is 0 Å². The van der Waals surface area contributed by atoms with Crippen molar-refractivity contribution in [1.82, 2.24) is 9.97 Å². The number of carbonyl (C=O) groups excluding carboxylic acids is 1. The molecule has 2 rings (SSSR count). The summed E-state index contributed by atoms with van der Waals surface area (Å²) in [5.41, 5.74) is 4.73. The summed E-state index contributed by atoms with van der Waals surface area (Å²) in [5.74, 6) is -0.667. The maximum Gasteiger partial charge on any atom is 0.416 e. The average Bonchev–Trinajstić information content (AvgIpc) is 2.26. The molecule has 0 saturated carbocycles. The molecule has 0 saturated heterocycles. The van der Waals surface area contributed by atoms with Crippen LogP contribution < -0.4 is 5.73 Å². The summed E-state index contributed by atoms with van der Waals surface area (Å²) >= 11 is 0. The molecule has 1 heterocycles. The molecule has 1 aromatic carbocycles. The molecule has 0 radical (unpaired) electrons. The van der Waals surface area contributed by atoms with Crippen LogP contribution >= 0.6 is 0 Å². The molecule has 2 aromatic rings. The van der Waals surface area contributed by atoms with Crippen molar-refractivity contribution in [1.29, 1.82) is 0 Å². The van der Waals surface area contributed by atoms with Gasteiger partial charge in [0.1, 0.15) is 5.82 Å². The number of nitrogens with two attached hydrogens (primary N) is 1. The Morgan fingerprint density at radius 2 is 1.94 bits per heavy atom. The number of alkyl halides is 3. The normalized spacial score (nSPS) is 11.8. The molecule has 0 fully saturated rings. The van der Waals surface area contributed by atoms with Crippen molar-refractivity contribution < 1.29 is 18.0 Å². The van der Waals surface area contributed by atoms with Crippen molar-refractivity contribution in [2.24, 2.45) is 0 Å². The second-order valence-corrected chi connectivity index (χ2v) is 3.72. The summed E-state index contributed by atoms with van der Waals surface area (Å²) in [7, 11) is 0. The van der Waals surface area contributed by atoms with Gasteiger partial charge >= 0.3 is 6.18 Å². The molecule has 0 atom stereocenters. The lowest BCUT2D eigenvalue weighted by Gasteiger charge is -2.08. The van der Waals surface area contributed by atoms with Crippen LogP contribution in [0.2, 0.25) is 0 Å². The zero-order valence-corrected chi connectivity index (χ0v) is 9.25. The summed E-state index contributed by atoms with van der Waals surface area (Å²) in [5, 5.41) is 0.285. The molecule has 0 bridgehead atoms. The zero-order valence-electron chi connectivity index (χ0n) is 9.25. The van der Waals surface area contributed by atoms with Gasteiger partial charge in [-0.15, -0.1) is 0 Å². The molecular weight excluding hydrogens is 247 g/mol. The van der Waals surface area contributed by atoms with Crippen LogP contribution in [0.4, 0.5) is 19.0 Å². The number of halogens is 3. The van der Waals surface area contributed by atoms with Crippen molar-refractivity contribution >= 4 is 22.5 Å². The van der Waals surface area contributed by atoms with Gasteiger partial charge < -0.3 is 5.73 Å². The standard InChI is InChI=1S/C11H8F3N3O/c1-5(18)10-16-8-4-6(11(12,13)14)2-3-7(8)9(15)17-10/h2-4H,1H3,(H2,15,16,17). The highest BCUT2D eigenvalue weighted by Gasteiger charge is 2.30. The number of fused-ring (bicyclic) bond motifs is 1. The van der Waals surface area contributed by atoms with Crippen LogP contribution in [0.1, 0.15) is 23.1 Å². The van der Waals surface area contributed by atoms with Crippen LogP contribution in [0.25, 0.3) is 10.9 Å². The van der Waals surface area contributed by atoms with Gasteiger partial charge in [-0.05, 0) is 18.2 Å². The minimum Gasteiger partial charge on any atom is -0.383 e. The van der Waals surface area contributed by atoms with Crippen molar-refractivity contribution in [3.8, 4) is 0 Å². The Hall–Kier alpha value is -2.18. The van der Waals surface area contributed by atoms with Crippen molar-refractivity contribution in [2.45, 2.75) is 13.1 Å².